The predicted molar refractivity (Wildman–Crippen MR) is 112 cm³/mol. The molecule has 148 valence electrons. The Morgan fingerprint density at radius 3 is 2.66 bits per heavy atom. The number of aryl methyl sites for hydroxylation is 1. The first-order valence-electron chi connectivity index (χ1n) is 9.90. The fourth-order valence-corrected chi connectivity index (χ4v) is 4.39. The quantitative estimate of drug-likeness (QED) is 0.865. The molecule has 0 aromatic carbocycles. The number of nitrogens with one attached hydrogen (secondary N) is 1. The maximum absolute atomic E-state index is 13.3. The van der Waals surface area contributed by atoms with Crippen LogP contribution < -0.4 is 5.32 Å². The molecule has 0 unspecified atom stereocenters. The molecule has 2 aromatic rings. The van der Waals surface area contributed by atoms with Gasteiger partial charge in [0, 0.05) is 47.4 Å². The Morgan fingerprint density at radius 1 is 1.10 bits per heavy atom. The number of pyridine rings is 2. The zero-order valence-electron chi connectivity index (χ0n) is 16.8. The van der Waals surface area contributed by atoms with Crippen molar-refractivity contribution in [3.8, 4) is 0 Å². The maximum Gasteiger partial charge on any atom is 0.255 e. The zero-order valence-corrected chi connectivity index (χ0v) is 16.8. The van der Waals surface area contributed by atoms with Crippen LogP contribution in [0.25, 0.3) is 0 Å². The number of anilines is 1. The Balaban J connectivity index is 1.79. The topological polar surface area (TPSA) is 84.3 Å². The molecule has 4 rings (SSSR count). The molecule has 6 heteroatoms. The third-order valence-corrected chi connectivity index (χ3v) is 5.58. The van der Waals surface area contributed by atoms with E-state index in [1.54, 1.807) is 18.5 Å². The predicted octanol–water partition coefficient (Wildman–Crippen LogP) is 3.85. The maximum atomic E-state index is 13.3. The van der Waals surface area contributed by atoms with Gasteiger partial charge in [0.1, 0.15) is 11.6 Å². The second-order valence-corrected chi connectivity index (χ2v) is 7.94. The second kappa shape index (κ2) is 7.70. The molecule has 0 saturated heterocycles. The number of fused-ring (bicyclic) bond motifs is 1. The van der Waals surface area contributed by atoms with Crippen molar-refractivity contribution in [2.45, 2.75) is 39.5 Å². The van der Waals surface area contributed by atoms with Gasteiger partial charge in [-0.05, 0) is 49.9 Å². The van der Waals surface area contributed by atoms with Crippen molar-refractivity contribution in [3.05, 3.63) is 65.3 Å². The normalized spacial score (nSPS) is 24.0. The lowest BCUT2D eigenvalue weighted by atomic mass is 9.67. The standard InChI is InChI=1S/C23H24N4O2/c1-13-10-17-22(18(28)11-13)21(16-7-5-9-24-12-16)20(15(3)26-17)23(29)27-19-8-4-6-14(2)25-19/h4-9,12-13,21-22H,10-11H2,1-3H3,(H,25,27,29)/t13-,21+,22-/m0/s1. The molecule has 0 radical (unpaired) electrons. The minimum Gasteiger partial charge on any atom is -0.307 e. The molecular weight excluding hydrogens is 364 g/mol. The summed E-state index contributed by atoms with van der Waals surface area (Å²) in [6.45, 7) is 5.78. The molecule has 1 N–H and O–H groups in total. The number of allylic oxidation sites excluding steroid dienone is 1. The molecule has 6 nitrogen and oxygen atoms in total. The molecule has 2 aromatic heterocycles. The van der Waals surface area contributed by atoms with E-state index in [0.29, 0.717) is 23.5 Å². The van der Waals surface area contributed by atoms with Crippen LogP contribution in [0.3, 0.4) is 0 Å². The van der Waals surface area contributed by atoms with Crippen LogP contribution in [0.2, 0.25) is 0 Å². The summed E-state index contributed by atoms with van der Waals surface area (Å²) in [5.41, 5.74) is 3.72. The lowest BCUT2D eigenvalue weighted by molar-refractivity contribution is -0.123. The van der Waals surface area contributed by atoms with Crippen molar-refractivity contribution in [3.63, 3.8) is 0 Å². The fourth-order valence-electron chi connectivity index (χ4n) is 4.39. The first kappa shape index (κ1) is 19.2. The third-order valence-electron chi connectivity index (χ3n) is 5.58. The van der Waals surface area contributed by atoms with Gasteiger partial charge in [0.15, 0.2) is 0 Å². The summed E-state index contributed by atoms with van der Waals surface area (Å²) in [4.78, 5) is 39.7. The van der Waals surface area contributed by atoms with Crippen LogP contribution in [0.5, 0.6) is 0 Å². The lowest BCUT2D eigenvalue weighted by Gasteiger charge is -2.37. The molecule has 3 atom stereocenters. The van der Waals surface area contributed by atoms with Crippen molar-refractivity contribution in [2.24, 2.45) is 16.8 Å². The highest BCUT2D eigenvalue weighted by molar-refractivity contribution is 6.14. The van der Waals surface area contributed by atoms with Crippen molar-refractivity contribution in [1.29, 1.82) is 0 Å². The Hall–Kier alpha value is -3.15. The van der Waals surface area contributed by atoms with Gasteiger partial charge >= 0.3 is 0 Å². The van der Waals surface area contributed by atoms with Crippen molar-refractivity contribution in [1.82, 2.24) is 9.97 Å². The van der Waals surface area contributed by atoms with Gasteiger partial charge in [-0.2, -0.15) is 0 Å². The number of rotatable bonds is 3. The van der Waals surface area contributed by atoms with Crippen LogP contribution >= 0.6 is 0 Å². The van der Waals surface area contributed by atoms with E-state index >= 15 is 0 Å². The minimum atomic E-state index is -0.412. The number of amides is 1. The molecule has 29 heavy (non-hydrogen) atoms. The number of aliphatic imine (C=N–C) groups is 1. The van der Waals surface area contributed by atoms with Crippen LogP contribution in [-0.4, -0.2) is 27.4 Å². The first-order chi connectivity index (χ1) is 13.9. The average molecular weight is 388 g/mol. The van der Waals surface area contributed by atoms with Crippen LogP contribution in [-0.2, 0) is 9.59 Å². The third kappa shape index (κ3) is 3.75. The van der Waals surface area contributed by atoms with E-state index in [1.807, 2.05) is 38.1 Å². The largest absolute Gasteiger partial charge is 0.307 e. The van der Waals surface area contributed by atoms with Gasteiger partial charge in [-0.3, -0.25) is 19.6 Å². The number of carbonyl (C=O) groups is 2. The highest BCUT2D eigenvalue weighted by Gasteiger charge is 2.44. The van der Waals surface area contributed by atoms with E-state index in [2.05, 4.69) is 22.2 Å². The molecule has 1 amide bonds. The summed E-state index contributed by atoms with van der Waals surface area (Å²) in [6.07, 6.45) is 4.72. The van der Waals surface area contributed by atoms with Gasteiger partial charge in [0.2, 0.25) is 0 Å². The smallest absolute Gasteiger partial charge is 0.255 e. The highest BCUT2D eigenvalue weighted by atomic mass is 16.2. The summed E-state index contributed by atoms with van der Waals surface area (Å²) < 4.78 is 0. The average Bonchev–Trinajstić information content (AvgIpc) is 2.67. The van der Waals surface area contributed by atoms with Crippen molar-refractivity contribution >= 4 is 23.2 Å². The molecular formula is C23H24N4O2. The number of hydrogen-bond donors (Lipinski definition) is 1. The summed E-state index contributed by atoms with van der Waals surface area (Å²) in [7, 11) is 0. The molecule has 0 bridgehead atoms. The van der Waals surface area contributed by atoms with Crippen molar-refractivity contribution < 1.29 is 9.59 Å². The molecule has 1 aliphatic carbocycles. The Bertz CT molecular complexity index is 1030. The summed E-state index contributed by atoms with van der Waals surface area (Å²) >= 11 is 0. The van der Waals surface area contributed by atoms with Gasteiger partial charge < -0.3 is 5.32 Å². The summed E-state index contributed by atoms with van der Waals surface area (Å²) in [6, 6.07) is 9.24. The van der Waals surface area contributed by atoms with E-state index < -0.39 is 5.92 Å². The van der Waals surface area contributed by atoms with E-state index in [1.165, 1.54) is 0 Å². The van der Waals surface area contributed by atoms with Gasteiger partial charge in [-0.25, -0.2) is 4.98 Å². The monoisotopic (exact) mass is 388 g/mol. The van der Waals surface area contributed by atoms with Gasteiger partial charge in [-0.1, -0.05) is 19.1 Å². The van der Waals surface area contributed by atoms with Gasteiger partial charge in [0.05, 0.1) is 5.92 Å². The number of Topliss-reactive ketones (excluding diaryl/α,β-unsaturated/α-hetero) is 1. The van der Waals surface area contributed by atoms with E-state index in [0.717, 1.165) is 23.4 Å². The minimum absolute atomic E-state index is 0.142. The summed E-state index contributed by atoms with van der Waals surface area (Å²) in [5.74, 6) is -0.178. The van der Waals surface area contributed by atoms with Gasteiger partial charge in [-0.15, -0.1) is 0 Å². The van der Waals surface area contributed by atoms with Crippen molar-refractivity contribution in [2.75, 3.05) is 5.32 Å². The molecule has 1 fully saturated rings. The highest BCUT2D eigenvalue weighted by Crippen LogP contribution is 2.43. The zero-order chi connectivity index (χ0) is 20.5. The van der Waals surface area contributed by atoms with Crippen LogP contribution in [0.15, 0.2) is 59.0 Å². The lowest BCUT2D eigenvalue weighted by Crippen LogP contribution is -2.41. The number of carbonyl (C=O) groups excluding carboxylic acids is 2. The number of hydrogen-bond acceptors (Lipinski definition) is 5. The van der Waals surface area contributed by atoms with Crippen LogP contribution in [0.4, 0.5) is 5.82 Å². The second-order valence-electron chi connectivity index (χ2n) is 7.94. The number of aromatic nitrogens is 2. The Labute approximate surface area is 170 Å². The van der Waals surface area contributed by atoms with E-state index in [4.69, 9.17) is 4.99 Å². The first-order valence-corrected chi connectivity index (χ1v) is 9.90. The molecule has 1 aliphatic heterocycles. The molecule has 2 aliphatic rings. The van der Waals surface area contributed by atoms with E-state index in [9.17, 15) is 9.59 Å². The van der Waals surface area contributed by atoms with Crippen LogP contribution in [0, 0.1) is 18.8 Å². The van der Waals surface area contributed by atoms with Crippen LogP contribution in [0.1, 0.15) is 43.9 Å². The SMILES string of the molecule is CC1=C(C(=O)Nc2cccc(C)n2)[C@@H](c2cccnc2)[C@@H]2C(=O)C[C@@H](C)CC2=N1. The molecule has 3 heterocycles. The van der Waals surface area contributed by atoms with E-state index in [-0.39, 0.29) is 23.5 Å². The van der Waals surface area contributed by atoms with Gasteiger partial charge in [0.25, 0.3) is 5.91 Å². The Morgan fingerprint density at radius 2 is 1.93 bits per heavy atom. The number of nitrogens with zero attached hydrogens (tertiary/aromatic N) is 3. The number of ketones is 1. The fraction of sp³-hybridized carbons (Fsp3) is 0.348. The summed E-state index contributed by atoms with van der Waals surface area (Å²) in [5, 5.41) is 2.89. The molecule has 0 spiro atoms. The Kier molecular flexibility index (Phi) is 5.09. The molecule has 1 saturated carbocycles.